The molecule has 0 saturated heterocycles. The molecule has 0 radical (unpaired) electrons. The molecule has 0 aliphatic heterocycles. The molecule has 15 heavy (non-hydrogen) atoms. The Hall–Kier alpha value is -0.310. The summed E-state index contributed by atoms with van der Waals surface area (Å²) in [6.45, 7) is 10.6. The fourth-order valence-electron chi connectivity index (χ4n) is 1.66. The van der Waals surface area contributed by atoms with Crippen LogP contribution in [0, 0.1) is 9.49 Å². The van der Waals surface area contributed by atoms with E-state index in [0.717, 1.165) is 12.3 Å². The smallest absolute Gasteiger partial charge is 0.0136 e. The molecule has 82 valence electrons. The van der Waals surface area contributed by atoms with Crippen LogP contribution in [0.1, 0.15) is 37.8 Å². The number of rotatable bonds is 4. The van der Waals surface area contributed by atoms with E-state index in [4.69, 9.17) is 0 Å². The first-order chi connectivity index (χ1) is 7.02. The fourth-order valence-corrected chi connectivity index (χ4v) is 2.42. The van der Waals surface area contributed by atoms with Gasteiger partial charge in [-0.15, -0.1) is 6.58 Å². The zero-order valence-electron chi connectivity index (χ0n) is 9.76. The first-order valence-electron chi connectivity index (χ1n) is 5.45. The SMILES string of the molecule is C=CC(C)c1cc(I)cc(CC(C)C)c1. The zero-order chi connectivity index (χ0) is 11.4. The summed E-state index contributed by atoms with van der Waals surface area (Å²) in [6.07, 6.45) is 3.16. The first kappa shape index (κ1) is 12.8. The van der Waals surface area contributed by atoms with Gasteiger partial charge < -0.3 is 0 Å². The van der Waals surface area contributed by atoms with E-state index in [9.17, 15) is 0 Å². The number of hydrogen-bond donors (Lipinski definition) is 0. The van der Waals surface area contributed by atoms with Crippen LogP contribution in [0.15, 0.2) is 30.9 Å². The third-order valence-electron chi connectivity index (χ3n) is 2.50. The maximum absolute atomic E-state index is 3.85. The molecule has 0 aromatic heterocycles. The summed E-state index contributed by atoms with van der Waals surface area (Å²) >= 11 is 2.39. The molecule has 0 amide bonds. The molecular weight excluding hydrogens is 295 g/mol. The molecule has 0 heterocycles. The van der Waals surface area contributed by atoms with Gasteiger partial charge in [-0.25, -0.2) is 0 Å². The minimum atomic E-state index is 0.450. The number of hydrogen-bond acceptors (Lipinski definition) is 0. The largest absolute Gasteiger partial charge is 0.102 e. The molecule has 0 N–H and O–H groups in total. The van der Waals surface area contributed by atoms with Crippen molar-refractivity contribution in [3.63, 3.8) is 0 Å². The second kappa shape index (κ2) is 5.69. The Morgan fingerprint density at radius 2 is 1.93 bits per heavy atom. The molecule has 0 spiro atoms. The van der Waals surface area contributed by atoms with Crippen LogP contribution in [-0.2, 0) is 6.42 Å². The first-order valence-corrected chi connectivity index (χ1v) is 6.52. The van der Waals surface area contributed by atoms with E-state index in [0.29, 0.717) is 5.92 Å². The van der Waals surface area contributed by atoms with E-state index < -0.39 is 0 Å². The predicted octanol–water partition coefficient (Wildman–Crippen LogP) is 4.78. The Bertz CT molecular complexity index is 339. The molecule has 0 aliphatic carbocycles. The summed E-state index contributed by atoms with van der Waals surface area (Å²) in [6, 6.07) is 6.84. The lowest BCUT2D eigenvalue weighted by molar-refractivity contribution is 0.646. The van der Waals surface area contributed by atoms with Crippen LogP contribution in [0.25, 0.3) is 0 Å². The molecule has 1 aromatic rings. The Balaban J connectivity index is 2.99. The summed E-state index contributed by atoms with van der Waals surface area (Å²) < 4.78 is 1.33. The van der Waals surface area contributed by atoms with E-state index in [2.05, 4.69) is 68.1 Å². The van der Waals surface area contributed by atoms with Crippen LogP contribution >= 0.6 is 22.6 Å². The van der Waals surface area contributed by atoms with E-state index in [1.165, 1.54) is 14.7 Å². The summed E-state index contributed by atoms with van der Waals surface area (Å²) in [5.74, 6) is 1.17. The lowest BCUT2D eigenvalue weighted by atomic mass is 9.96. The van der Waals surface area contributed by atoms with Gasteiger partial charge in [0.1, 0.15) is 0 Å². The van der Waals surface area contributed by atoms with Crippen molar-refractivity contribution in [3.8, 4) is 0 Å². The second-order valence-corrected chi connectivity index (χ2v) is 5.76. The quantitative estimate of drug-likeness (QED) is 0.554. The van der Waals surface area contributed by atoms with Gasteiger partial charge in [0.2, 0.25) is 0 Å². The highest BCUT2D eigenvalue weighted by atomic mass is 127. The number of halogens is 1. The second-order valence-electron chi connectivity index (χ2n) is 4.52. The highest BCUT2D eigenvalue weighted by Gasteiger charge is 2.05. The zero-order valence-corrected chi connectivity index (χ0v) is 11.9. The Morgan fingerprint density at radius 1 is 1.27 bits per heavy atom. The van der Waals surface area contributed by atoms with Crippen molar-refractivity contribution in [2.45, 2.75) is 33.1 Å². The molecule has 0 bridgehead atoms. The standard InChI is InChI=1S/C14H19I/c1-5-11(4)13-7-12(6-10(2)3)8-14(15)9-13/h5,7-11H,1,6H2,2-4H3. The van der Waals surface area contributed by atoms with Crippen molar-refractivity contribution >= 4 is 22.6 Å². The van der Waals surface area contributed by atoms with Gasteiger partial charge in [0.05, 0.1) is 0 Å². The summed E-state index contributed by atoms with van der Waals surface area (Å²) in [7, 11) is 0. The van der Waals surface area contributed by atoms with Crippen LogP contribution < -0.4 is 0 Å². The molecule has 0 aliphatic rings. The number of benzene rings is 1. The Labute approximate surface area is 107 Å². The van der Waals surface area contributed by atoms with E-state index in [1.54, 1.807) is 0 Å². The molecule has 0 saturated carbocycles. The van der Waals surface area contributed by atoms with E-state index >= 15 is 0 Å². The van der Waals surface area contributed by atoms with Crippen LogP contribution in [-0.4, -0.2) is 0 Å². The molecule has 1 unspecified atom stereocenters. The van der Waals surface area contributed by atoms with E-state index in [1.807, 2.05) is 6.08 Å². The van der Waals surface area contributed by atoms with Crippen molar-refractivity contribution in [2.75, 3.05) is 0 Å². The summed E-state index contributed by atoms with van der Waals surface area (Å²) in [4.78, 5) is 0. The lowest BCUT2D eigenvalue weighted by Crippen LogP contribution is -1.98. The average molecular weight is 314 g/mol. The van der Waals surface area contributed by atoms with Gasteiger partial charge in [0.25, 0.3) is 0 Å². The molecule has 1 aromatic carbocycles. The normalized spacial score (nSPS) is 12.9. The summed E-state index contributed by atoms with van der Waals surface area (Å²) in [5.41, 5.74) is 2.83. The van der Waals surface area contributed by atoms with Crippen LogP contribution in [0.2, 0.25) is 0 Å². The minimum absolute atomic E-state index is 0.450. The maximum Gasteiger partial charge on any atom is 0.0136 e. The molecule has 1 heteroatoms. The van der Waals surface area contributed by atoms with Crippen molar-refractivity contribution in [2.24, 2.45) is 5.92 Å². The fraction of sp³-hybridized carbons (Fsp3) is 0.429. The summed E-state index contributed by atoms with van der Waals surface area (Å²) in [5, 5.41) is 0. The van der Waals surface area contributed by atoms with Crippen molar-refractivity contribution in [3.05, 3.63) is 45.6 Å². The van der Waals surface area contributed by atoms with Crippen LogP contribution in [0.4, 0.5) is 0 Å². The predicted molar refractivity (Wildman–Crippen MR) is 76.3 cm³/mol. The van der Waals surface area contributed by atoms with Gasteiger partial charge in [-0.05, 0) is 64.1 Å². The Kier molecular flexibility index (Phi) is 4.84. The third kappa shape index (κ3) is 3.98. The molecule has 0 nitrogen and oxygen atoms in total. The monoisotopic (exact) mass is 314 g/mol. The lowest BCUT2D eigenvalue weighted by Gasteiger charge is -2.11. The van der Waals surface area contributed by atoms with Crippen molar-refractivity contribution in [1.82, 2.24) is 0 Å². The number of allylic oxidation sites excluding steroid dienone is 1. The van der Waals surface area contributed by atoms with Gasteiger partial charge in [0.15, 0.2) is 0 Å². The molecule has 0 fully saturated rings. The van der Waals surface area contributed by atoms with Gasteiger partial charge in [-0.2, -0.15) is 0 Å². The van der Waals surface area contributed by atoms with Crippen LogP contribution in [0.3, 0.4) is 0 Å². The average Bonchev–Trinajstić information content (AvgIpc) is 2.14. The molecule has 1 rings (SSSR count). The van der Waals surface area contributed by atoms with Crippen molar-refractivity contribution < 1.29 is 0 Å². The topological polar surface area (TPSA) is 0 Å². The van der Waals surface area contributed by atoms with Gasteiger partial charge in [-0.1, -0.05) is 32.9 Å². The highest BCUT2D eigenvalue weighted by Crippen LogP contribution is 2.22. The van der Waals surface area contributed by atoms with Gasteiger partial charge in [0, 0.05) is 3.57 Å². The maximum atomic E-state index is 3.85. The molecule has 1 atom stereocenters. The molecular formula is C14H19I. The Morgan fingerprint density at radius 3 is 2.47 bits per heavy atom. The van der Waals surface area contributed by atoms with E-state index in [-0.39, 0.29) is 0 Å². The third-order valence-corrected chi connectivity index (χ3v) is 3.13. The highest BCUT2D eigenvalue weighted by molar-refractivity contribution is 14.1. The minimum Gasteiger partial charge on any atom is -0.102 e. The van der Waals surface area contributed by atoms with Gasteiger partial charge >= 0.3 is 0 Å². The van der Waals surface area contributed by atoms with Gasteiger partial charge in [-0.3, -0.25) is 0 Å². The van der Waals surface area contributed by atoms with Crippen molar-refractivity contribution in [1.29, 1.82) is 0 Å². The van der Waals surface area contributed by atoms with Crippen LogP contribution in [0.5, 0.6) is 0 Å².